The zero-order valence-electron chi connectivity index (χ0n) is 11.4. The Morgan fingerprint density at radius 1 is 1.26 bits per heavy atom. The van der Waals surface area contributed by atoms with Crippen molar-refractivity contribution < 1.29 is 14.3 Å². The number of amides is 1. The highest BCUT2D eigenvalue weighted by Crippen LogP contribution is 2.33. The van der Waals surface area contributed by atoms with E-state index in [4.69, 9.17) is 15.2 Å². The van der Waals surface area contributed by atoms with Crippen LogP contribution in [0.15, 0.2) is 18.2 Å². The largest absolute Gasteiger partial charge is 0.497 e. The second kappa shape index (κ2) is 5.48. The van der Waals surface area contributed by atoms with Gasteiger partial charge in [0.15, 0.2) is 0 Å². The summed E-state index contributed by atoms with van der Waals surface area (Å²) in [6, 6.07) is 5.26. The number of hydrogen-bond acceptors (Lipinski definition) is 4. The van der Waals surface area contributed by atoms with Gasteiger partial charge in [0, 0.05) is 35.8 Å². The molecule has 1 aromatic carbocycles. The number of nitrogens with two attached hydrogens (primary N) is 1. The molecule has 1 fully saturated rings. The summed E-state index contributed by atoms with van der Waals surface area (Å²) >= 11 is 0. The predicted octanol–water partition coefficient (Wildman–Crippen LogP) is 1.91. The quantitative estimate of drug-likeness (QED) is 0.852. The summed E-state index contributed by atoms with van der Waals surface area (Å²) in [5.41, 5.74) is 6.40. The van der Waals surface area contributed by atoms with E-state index in [1.165, 1.54) is 0 Å². The molecule has 1 aromatic rings. The molecule has 0 spiro atoms. The van der Waals surface area contributed by atoms with Gasteiger partial charge in [-0.1, -0.05) is 0 Å². The van der Waals surface area contributed by atoms with Gasteiger partial charge >= 0.3 is 0 Å². The molecule has 0 bridgehead atoms. The molecule has 5 nitrogen and oxygen atoms in total. The fourth-order valence-electron chi connectivity index (χ4n) is 2.21. The molecule has 104 valence electrons. The van der Waals surface area contributed by atoms with Crippen molar-refractivity contribution >= 4 is 11.6 Å². The van der Waals surface area contributed by atoms with Crippen molar-refractivity contribution in [3.8, 4) is 11.5 Å². The molecule has 1 amide bonds. The first-order valence-corrected chi connectivity index (χ1v) is 6.36. The van der Waals surface area contributed by atoms with E-state index in [0.29, 0.717) is 23.6 Å². The minimum atomic E-state index is -0.312. The van der Waals surface area contributed by atoms with Crippen LogP contribution in [-0.2, 0) is 4.79 Å². The van der Waals surface area contributed by atoms with Crippen molar-refractivity contribution in [3.63, 3.8) is 0 Å². The third-order valence-corrected chi connectivity index (χ3v) is 3.50. The van der Waals surface area contributed by atoms with Crippen LogP contribution >= 0.6 is 0 Å². The normalized spacial score (nSPS) is 16.4. The number of nitrogens with one attached hydrogen (secondary N) is 1. The van der Waals surface area contributed by atoms with Crippen LogP contribution in [0.25, 0.3) is 0 Å². The van der Waals surface area contributed by atoms with E-state index in [-0.39, 0.29) is 11.4 Å². The van der Waals surface area contributed by atoms with Gasteiger partial charge in [-0.05, 0) is 19.3 Å². The van der Waals surface area contributed by atoms with Gasteiger partial charge in [-0.15, -0.1) is 0 Å². The van der Waals surface area contributed by atoms with Crippen molar-refractivity contribution in [3.05, 3.63) is 18.2 Å². The van der Waals surface area contributed by atoms with E-state index in [2.05, 4.69) is 5.32 Å². The van der Waals surface area contributed by atoms with Crippen molar-refractivity contribution in [1.82, 2.24) is 0 Å². The smallest absolute Gasteiger partial charge is 0.226 e. The third kappa shape index (κ3) is 3.38. The van der Waals surface area contributed by atoms with Crippen molar-refractivity contribution in [2.45, 2.75) is 31.2 Å². The lowest BCUT2D eigenvalue weighted by atomic mass is 9.75. The van der Waals surface area contributed by atoms with Crippen LogP contribution < -0.4 is 20.5 Å². The van der Waals surface area contributed by atoms with Crippen LogP contribution in [0.2, 0.25) is 0 Å². The van der Waals surface area contributed by atoms with E-state index in [1.54, 1.807) is 32.4 Å². The first-order valence-electron chi connectivity index (χ1n) is 6.36. The Kier molecular flexibility index (Phi) is 3.95. The van der Waals surface area contributed by atoms with Crippen LogP contribution in [0.1, 0.15) is 25.7 Å². The summed E-state index contributed by atoms with van der Waals surface area (Å²) in [6.45, 7) is 0. The van der Waals surface area contributed by atoms with Gasteiger partial charge in [0.1, 0.15) is 11.5 Å². The van der Waals surface area contributed by atoms with Gasteiger partial charge in [-0.3, -0.25) is 4.79 Å². The lowest BCUT2D eigenvalue weighted by molar-refractivity contribution is -0.118. The third-order valence-electron chi connectivity index (χ3n) is 3.50. The van der Waals surface area contributed by atoms with Crippen LogP contribution in [0.5, 0.6) is 11.5 Å². The molecule has 2 rings (SSSR count). The van der Waals surface area contributed by atoms with Crippen molar-refractivity contribution in [2.75, 3.05) is 19.5 Å². The Hall–Kier alpha value is -1.75. The Morgan fingerprint density at radius 3 is 2.26 bits per heavy atom. The molecule has 1 aliphatic rings. The summed E-state index contributed by atoms with van der Waals surface area (Å²) in [5.74, 6) is 1.21. The molecule has 0 aliphatic heterocycles. The number of ether oxygens (including phenoxy) is 2. The molecule has 0 aromatic heterocycles. The molecular formula is C14H20N2O3. The molecule has 5 heteroatoms. The summed E-state index contributed by atoms with van der Waals surface area (Å²) in [4.78, 5) is 11.9. The minimum absolute atomic E-state index is 0.0718. The average molecular weight is 264 g/mol. The van der Waals surface area contributed by atoms with Gasteiger partial charge in [0.25, 0.3) is 0 Å². The Balaban J connectivity index is 2.03. The topological polar surface area (TPSA) is 73.6 Å². The summed E-state index contributed by atoms with van der Waals surface area (Å²) < 4.78 is 10.3. The molecule has 0 unspecified atom stereocenters. The maximum atomic E-state index is 11.9. The maximum absolute atomic E-state index is 11.9. The first-order chi connectivity index (χ1) is 9.04. The van der Waals surface area contributed by atoms with Crippen molar-refractivity contribution in [2.24, 2.45) is 5.73 Å². The van der Waals surface area contributed by atoms with Gasteiger partial charge in [0.2, 0.25) is 5.91 Å². The number of hydrogen-bond donors (Lipinski definition) is 2. The zero-order chi connectivity index (χ0) is 13.9. The molecule has 0 atom stereocenters. The second-order valence-electron chi connectivity index (χ2n) is 5.04. The first kappa shape index (κ1) is 13.7. The molecule has 1 saturated carbocycles. The van der Waals surface area contributed by atoms with Gasteiger partial charge in [-0.2, -0.15) is 0 Å². The molecule has 0 radical (unpaired) electrons. The Labute approximate surface area is 113 Å². The van der Waals surface area contributed by atoms with Crippen LogP contribution in [0.3, 0.4) is 0 Å². The average Bonchev–Trinajstić information content (AvgIpc) is 2.36. The van der Waals surface area contributed by atoms with E-state index < -0.39 is 0 Å². The van der Waals surface area contributed by atoms with Gasteiger partial charge in [0.05, 0.1) is 14.2 Å². The minimum Gasteiger partial charge on any atom is -0.497 e. The number of carbonyl (C=O) groups excluding carboxylic acids is 1. The fourth-order valence-corrected chi connectivity index (χ4v) is 2.21. The maximum Gasteiger partial charge on any atom is 0.226 e. The monoisotopic (exact) mass is 264 g/mol. The van der Waals surface area contributed by atoms with Crippen molar-refractivity contribution in [1.29, 1.82) is 0 Å². The van der Waals surface area contributed by atoms with Crippen LogP contribution in [0.4, 0.5) is 5.69 Å². The van der Waals surface area contributed by atoms with Gasteiger partial charge < -0.3 is 20.5 Å². The molecule has 19 heavy (non-hydrogen) atoms. The predicted molar refractivity (Wildman–Crippen MR) is 73.6 cm³/mol. The molecule has 0 heterocycles. The Bertz CT molecular complexity index is 448. The highest BCUT2D eigenvalue weighted by molar-refractivity contribution is 5.92. The number of carbonyl (C=O) groups is 1. The number of benzene rings is 1. The summed E-state index contributed by atoms with van der Waals surface area (Å²) in [6.07, 6.45) is 3.30. The Morgan fingerprint density at radius 2 is 1.84 bits per heavy atom. The number of rotatable bonds is 5. The summed E-state index contributed by atoms with van der Waals surface area (Å²) in [5, 5.41) is 2.84. The zero-order valence-corrected chi connectivity index (χ0v) is 11.4. The lowest BCUT2D eigenvalue weighted by Crippen LogP contribution is -2.48. The van der Waals surface area contributed by atoms with Gasteiger partial charge in [-0.25, -0.2) is 0 Å². The van der Waals surface area contributed by atoms with E-state index in [0.717, 1.165) is 19.3 Å². The molecule has 3 N–H and O–H groups in total. The number of methoxy groups -OCH3 is 2. The van der Waals surface area contributed by atoms with Crippen LogP contribution in [-0.4, -0.2) is 25.7 Å². The molecular weight excluding hydrogens is 244 g/mol. The van der Waals surface area contributed by atoms with E-state index >= 15 is 0 Å². The van der Waals surface area contributed by atoms with E-state index in [9.17, 15) is 4.79 Å². The SMILES string of the molecule is COc1cc(NC(=O)CC2(N)CCC2)cc(OC)c1. The standard InChI is InChI=1S/C14H20N2O3/c1-18-11-6-10(7-12(8-11)19-2)16-13(17)9-14(15)4-3-5-14/h6-8H,3-5,9,15H2,1-2H3,(H,16,17). The lowest BCUT2D eigenvalue weighted by Gasteiger charge is -2.37. The van der Waals surface area contributed by atoms with E-state index in [1.807, 2.05) is 0 Å². The molecule has 0 saturated heterocycles. The highest BCUT2D eigenvalue weighted by Gasteiger charge is 2.34. The van der Waals surface area contributed by atoms with Crippen LogP contribution in [0, 0.1) is 0 Å². The molecule has 1 aliphatic carbocycles. The highest BCUT2D eigenvalue weighted by atomic mass is 16.5. The number of anilines is 1. The second-order valence-corrected chi connectivity index (χ2v) is 5.04. The summed E-state index contributed by atoms with van der Waals surface area (Å²) in [7, 11) is 3.15. The fraction of sp³-hybridized carbons (Fsp3) is 0.500.